The molecule has 3 heteroatoms. The average molecular weight is 293 g/mol. The van der Waals surface area contributed by atoms with Crippen LogP contribution >= 0.6 is 0 Å². The maximum atomic E-state index is 5.49. The van der Waals surface area contributed by atoms with E-state index in [4.69, 9.17) is 9.47 Å². The molecule has 3 nitrogen and oxygen atoms in total. The van der Waals surface area contributed by atoms with Gasteiger partial charge >= 0.3 is 0 Å². The van der Waals surface area contributed by atoms with Crippen molar-refractivity contribution in [3.05, 3.63) is 29.8 Å². The molecule has 21 heavy (non-hydrogen) atoms. The summed E-state index contributed by atoms with van der Waals surface area (Å²) in [5, 5.41) is 3.57. The summed E-state index contributed by atoms with van der Waals surface area (Å²) in [5.74, 6) is 2.22. The van der Waals surface area contributed by atoms with Crippen LogP contribution in [0.25, 0.3) is 0 Å². The van der Waals surface area contributed by atoms with Crippen LogP contribution in [0.15, 0.2) is 24.3 Å². The van der Waals surface area contributed by atoms with Crippen molar-refractivity contribution < 1.29 is 9.47 Å². The zero-order valence-electron chi connectivity index (χ0n) is 14.0. The van der Waals surface area contributed by atoms with Gasteiger partial charge in [0.2, 0.25) is 0 Å². The molecule has 120 valence electrons. The van der Waals surface area contributed by atoms with Crippen molar-refractivity contribution >= 4 is 0 Å². The number of para-hydroxylation sites is 1. The van der Waals surface area contributed by atoms with Crippen LogP contribution < -0.4 is 10.1 Å². The Morgan fingerprint density at radius 1 is 1.19 bits per heavy atom. The molecule has 0 amide bonds. The van der Waals surface area contributed by atoms with Crippen molar-refractivity contribution in [3.8, 4) is 5.75 Å². The highest BCUT2D eigenvalue weighted by atomic mass is 16.5. The summed E-state index contributed by atoms with van der Waals surface area (Å²) in [7, 11) is 3.52. The Morgan fingerprint density at radius 3 is 2.62 bits per heavy atom. The van der Waals surface area contributed by atoms with E-state index in [2.05, 4.69) is 31.3 Å². The quantitative estimate of drug-likeness (QED) is 0.633. The summed E-state index contributed by atoms with van der Waals surface area (Å²) in [6.45, 7) is 7.50. The number of benzene rings is 1. The van der Waals surface area contributed by atoms with E-state index in [1.165, 1.54) is 12.0 Å². The molecule has 0 saturated carbocycles. The van der Waals surface area contributed by atoms with E-state index in [0.717, 1.165) is 38.3 Å². The molecule has 1 rings (SSSR count). The highest BCUT2D eigenvalue weighted by Crippen LogP contribution is 2.25. The minimum absolute atomic E-state index is 0.600. The highest BCUT2D eigenvalue weighted by molar-refractivity contribution is 5.33. The molecule has 0 spiro atoms. The van der Waals surface area contributed by atoms with Crippen LogP contribution in [0, 0.1) is 11.8 Å². The molecule has 1 aromatic rings. The number of hydrogen-bond acceptors (Lipinski definition) is 3. The second-order valence-electron chi connectivity index (χ2n) is 5.74. The summed E-state index contributed by atoms with van der Waals surface area (Å²) in [5.41, 5.74) is 1.30. The molecule has 0 radical (unpaired) electrons. The Bertz CT molecular complexity index is 381. The number of nitrogens with one attached hydrogen (secondary N) is 1. The summed E-state index contributed by atoms with van der Waals surface area (Å²) in [6, 6.07) is 8.34. The van der Waals surface area contributed by atoms with Gasteiger partial charge in [-0.05, 0) is 55.8 Å². The van der Waals surface area contributed by atoms with E-state index in [-0.39, 0.29) is 0 Å². The van der Waals surface area contributed by atoms with Crippen LogP contribution in [0.3, 0.4) is 0 Å². The van der Waals surface area contributed by atoms with Gasteiger partial charge in [-0.25, -0.2) is 0 Å². The lowest BCUT2D eigenvalue weighted by Crippen LogP contribution is -2.30. The lowest BCUT2D eigenvalue weighted by Gasteiger charge is -2.25. The van der Waals surface area contributed by atoms with Gasteiger partial charge in [0.25, 0.3) is 0 Å². The van der Waals surface area contributed by atoms with Gasteiger partial charge in [0.05, 0.1) is 7.11 Å². The molecule has 0 saturated heterocycles. The van der Waals surface area contributed by atoms with E-state index in [1.54, 1.807) is 14.2 Å². The molecule has 0 bridgehead atoms. The van der Waals surface area contributed by atoms with Gasteiger partial charge in [0.1, 0.15) is 5.75 Å². The van der Waals surface area contributed by atoms with Crippen molar-refractivity contribution in [2.24, 2.45) is 11.8 Å². The van der Waals surface area contributed by atoms with Crippen LogP contribution in [0.4, 0.5) is 0 Å². The predicted molar refractivity (Wildman–Crippen MR) is 89.0 cm³/mol. The lowest BCUT2D eigenvalue weighted by atomic mass is 9.85. The minimum atomic E-state index is 0.600. The zero-order valence-corrected chi connectivity index (χ0v) is 14.0. The first-order valence-corrected chi connectivity index (χ1v) is 8.04. The summed E-state index contributed by atoms with van der Waals surface area (Å²) in [4.78, 5) is 0. The third kappa shape index (κ3) is 6.49. The summed E-state index contributed by atoms with van der Waals surface area (Å²) >= 11 is 0. The van der Waals surface area contributed by atoms with E-state index in [0.29, 0.717) is 11.8 Å². The molecule has 1 N–H and O–H groups in total. The average Bonchev–Trinajstić information content (AvgIpc) is 2.52. The van der Waals surface area contributed by atoms with Crippen LogP contribution in [0.2, 0.25) is 0 Å². The van der Waals surface area contributed by atoms with Gasteiger partial charge in [-0.2, -0.15) is 0 Å². The maximum absolute atomic E-state index is 5.49. The van der Waals surface area contributed by atoms with Gasteiger partial charge in [-0.3, -0.25) is 0 Å². The summed E-state index contributed by atoms with van der Waals surface area (Å²) in [6.07, 6.45) is 3.32. The molecule has 2 unspecified atom stereocenters. The second kappa shape index (κ2) is 10.6. The van der Waals surface area contributed by atoms with Crippen molar-refractivity contribution in [1.29, 1.82) is 0 Å². The fourth-order valence-corrected chi connectivity index (χ4v) is 2.63. The Kier molecular flexibility index (Phi) is 9.11. The van der Waals surface area contributed by atoms with Crippen molar-refractivity contribution in [1.82, 2.24) is 5.32 Å². The predicted octanol–water partition coefficient (Wildman–Crippen LogP) is 3.53. The van der Waals surface area contributed by atoms with Gasteiger partial charge in [-0.1, -0.05) is 32.0 Å². The van der Waals surface area contributed by atoms with Crippen LogP contribution in [0.5, 0.6) is 5.75 Å². The number of ether oxygens (including phenoxy) is 2. The standard InChI is InChI=1S/C18H31NO2/c1-5-11-19-14-17(15(2)10-12-20-3)13-16-8-6-7-9-18(16)21-4/h6-9,15,17,19H,5,10-14H2,1-4H3. The first-order chi connectivity index (χ1) is 10.2. The number of hydrogen-bond donors (Lipinski definition) is 1. The van der Waals surface area contributed by atoms with Crippen molar-refractivity contribution in [2.45, 2.75) is 33.1 Å². The largest absolute Gasteiger partial charge is 0.496 e. The van der Waals surface area contributed by atoms with E-state index >= 15 is 0 Å². The van der Waals surface area contributed by atoms with Gasteiger partial charge in [0.15, 0.2) is 0 Å². The normalized spacial score (nSPS) is 13.9. The fourth-order valence-electron chi connectivity index (χ4n) is 2.63. The highest BCUT2D eigenvalue weighted by Gasteiger charge is 2.19. The summed E-state index contributed by atoms with van der Waals surface area (Å²) < 4.78 is 10.7. The zero-order chi connectivity index (χ0) is 15.5. The SMILES string of the molecule is CCCNCC(Cc1ccccc1OC)C(C)CCOC. The molecule has 0 heterocycles. The van der Waals surface area contributed by atoms with Gasteiger partial charge < -0.3 is 14.8 Å². The van der Waals surface area contributed by atoms with E-state index in [1.807, 2.05) is 12.1 Å². The van der Waals surface area contributed by atoms with Gasteiger partial charge in [0, 0.05) is 13.7 Å². The number of rotatable bonds is 11. The lowest BCUT2D eigenvalue weighted by molar-refractivity contribution is 0.163. The molecule has 0 aliphatic carbocycles. The van der Waals surface area contributed by atoms with Crippen LogP contribution in [-0.2, 0) is 11.2 Å². The van der Waals surface area contributed by atoms with Crippen LogP contribution in [0.1, 0.15) is 32.3 Å². The first kappa shape index (κ1) is 18.0. The Morgan fingerprint density at radius 2 is 1.95 bits per heavy atom. The van der Waals surface area contributed by atoms with Crippen molar-refractivity contribution in [3.63, 3.8) is 0 Å². The number of methoxy groups -OCH3 is 2. The van der Waals surface area contributed by atoms with Crippen molar-refractivity contribution in [2.75, 3.05) is 33.9 Å². The Hall–Kier alpha value is -1.06. The third-order valence-electron chi connectivity index (χ3n) is 4.09. The molecule has 0 aromatic heterocycles. The van der Waals surface area contributed by atoms with E-state index < -0.39 is 0 Å². The fraction of sp³-hybridized carbons (Fsp3) is 0.667. The smallest absolute Gasteiger partial charge is 0.122 e. The van der Waals surface area contributed by atoms with E-state index in [9.17, 15) is 0 Å². The molecule has 0 aliphatic rings. The second-order valence-corrected chi connectivity index (χ2v) is 5.74. The van der Waals surface area contributed by atoms with Crippen LogP contribution in [-0.4, -0.2) is 33.9 Å². The Labute approximate surface area is 130 Å². The maximum Gasteiger partial charge on any atom is 0.122 e. The monoisotopic (exact) mass is 293 g/mol. The molecule has 0 aliphatic heterocycles. The topological polar surface area (TPSA) is 30.5 Å². The third-order valence-corrected chi connectivity index (χ3v) is 4.09. The molecule has 2 atom stereocenters. The molecular formula is C18H31NO2. The minimum Gasteiger partial charge on any atom is -0.496 e. The van der Waals surface area contributed by atoms with Gasteiger partial charge in [-0.15, -0.1) is 0 Å². The first-order valence-electron chi connectivity index (χ1n) is 8.04. The molecular weight excluding hydrogens is 262 g/mol. The Balaban J connectivity index is 2.70. The molecule has 1 aromatic carbocycles. The molecule has 0 fully saturated rings.